The van der Waals surface area contributed by atoms with Crippen molar-refractivity contribution in [3.05, 3.63) is 41.6 Å². The molecule has 0 radical (unpaired) electrons. The molecule has 2 heterocycles. The van der Waals surface area contributed by atoms with Gasteiger partial charge >= 0.3 is 0 Å². The summed E-state index contributed by atoms with van der Waals surface area (Å²) in [6.45, 7) is 14.9. The first-order chi connectivity index (χ1) is 13.1. The highest BCUT2D eigenvalue weighted by molar-refractivity contribution is 5.57. The van der Waals surface area contributed by atoms with E-state index in [9.17, 15) is 0 Å². The van der Waals surface area contributed by atoms with Gasteiger partial charge in [0, 0.05) is 51.2 Å². The molecule has 0 amide bonds. The van der Waals surface area contributed by atoms with Crippen molar-refractivity contribution in [2.75, 3.05) is 54.0 Å². The molecule has 146 valence electrons. The molecule has 3 rings (SSSR count). The Kier molecular flexibility index (Phi) is 6.54. The van der Waals surface area contributed by atoms with E-state index in [-0.39, 0.29) is 0 Å². The fourth-order valence-electron chi connectivity index (χ4n) is 3.77. The first-order valence-corrected chi connectivity index (χ1v) is 10.3. The van der Waals surface area contributed by atoms with Gasteiger partial charge in [-0.3, -0.25) is 0 Å². The van der Waals surface area contributed by atoms with Crippen molar-refractivity contribution in [3.8, 4) is 0 Å². The van der Waals surface area contributed by atoms with Crippen LogP contribution in [0.4, 0.5) is 17.5 Å². The Morgan fingerprint density at radius 1 is 0.926 bits per heavy atom. The van der Waals surface area contributed by atoms with Gasteiger partial charge < -0.3 is 14.7 Å². The zero-order valence-electron chi connectivity index (χ0n) is 17.3. The van der Waals surface area contributed by atoms with E-state index in [0.717, 1.165) is 63.9 Å². The lowest BCUT2D eigenvalue weighted by Gasteiger charge is -2.37. The number of benzene rings is 1. The summed E-state index contributed by atoms with van der Waals surface area (Å²) in [4.78, 5) is 16.6. The van der Waals surface area contributed by atoms with E-state index >= 15 is 0 Å². The topological polar surface area (TPSA) is 35.5 Å². The number of anilines is 3. The third-order valence-electron chi connectivity index (χ3n) is 5.42. The average molecular weight is 368 g/mol. The van der Waals surface area contributed by atoms with E-state index in [4.69, 9.17) is 4.98 Å². The summed E-state index contributed by atoms with van der Waals surface area (Å²) in [5.41, 5.74) is 4.11. The van der Waals surface area contributed by atoms with Gasteiger partial charge in [0.05, 0.1) is 0 Å². The molecule has 0 spiro atoms. The van der Waals surface area contributed by atoms with Gasteiger partial charge in [-0.2, -0.15) is 4.98 Å². The third-order valence-corrected chi connectivity index (χ3v) is 5.42. The zero-order chi connectivity index (χ0) is 19.2. The van der Waals surface area contributed by atoms with Crippen molar-refractivity contribution in [1.29, 1.82) is 0 Å². The van der Waals surface area contributed by atoms with Gasteiger partial charge in [-0.15, -0.1) is 0 Å². The van der Waals surface area contributed by atoms with E-state index in [1.165, 1.54) is 16.8 Å². The lowest BCUT2D eigenvalue weighted by molar-refractivity contribution is 0.637. The normalized spacial score (nSPS) is 14.5. The minimum absolute atomic E-state index is 0.866. The van der Waals surface area contributed by atoms with Crippen LogP contribution in [0.1, 0.15) is 37.8 Å². The van der Waals surface area contributed by atoms with Crippen LogP contribution in [0.2, 0.25) is 0 Å². The monoisotopic (exact) mass is 367 g/mol. The molecule has 2 aromatic rings. The minimum Gasteiger partial charge on any atom is -0.368 e. The van der Waals surface area contributed by atoms with Crippen molar-refractivity contribution < 1.29 is 0 Å². The second-order valence-electron chi connectivity index (χ2n) is 7.40. The SMILES string of the molecule is CCCN(CCC)c1ccnc(N2CCN(c3cccc(C)c3C)CC2)n1. The van der Waals surface area contributed by atoms with Crippen molar-refractivity contribution in [3.63, 3.8) is 0 Å². The number of piperazine rings is 1. The summed E-state index contributed by atoms with van der Waals surface area (Å²) in [7, 11) is 0. The average Bonchev–Trinajstić information content (AvgIpc) is 2.70. The van der Waals surface area contributed by atoms with Gasteiger partial charge in [0.1, 0.15) is 5.82 Å². The molecule has 0 unspecified atom stereocenters. The summed E-state index contributed by atoms with van der Waals surface area (Å²) in [5.74, 6) is 1.92. The van der Waals surface area contributed by atoms with Gasteiger partial charge in [-0.05, 0) is 49.9 Å². The van der Waals surface area contributed by atoms with E-state index < -0.39 is 0 Å². The summed E-state index contributed by atoms with van der Waals surface area (Å²) in [5, 5.41) is 0. The fourth-order valence-corrected chi connectivity index (χ4v) is 3.77. The van der Waals surface area contributed by atoms with E-state index in [0.29, 0.717) is 0 Å². The molecule has 0 bridgehead atoms. The third kappa shape index (κ3) is 4.52. The fraction of sp³-hybridized carbons (Fsp3) is 0.545. The number of hydrogen-bond donors (Lipinski definition) is 0. The Balaban J connectivity index is 1.69. The second-order valence-corrected chi connectivity index (χ2v) is 7.40. The van der Waals surface area contributed by atoms with Crippen LogP contribution in [0.5, 0.6) is 0 Å². The van der Waals surface area contributed by atoms with Crippen LogP contribution < -0.4 is 14.7 Å². The molecule has 1 fully saturated rings. The van der Waals surface area contributed by atoms with Crippen LogP contribution >= 0.6 is 0 Å². The number of rotatable bonds is 7. The highest BCUT2D eigenvalue weighted by atomic mass is 15.3. The second kappa shape index (κ2) is 9.07. The Morgan fingerprint density at radius 3 is 2.26 bits per heavy atom. The molecule has 5 heteroatoms. The highest BCUT2D eigenvalue weighted by Crippen LogP contribution is 2.25. The predicted molar refractivity (Wildman–Crippen MR) is 115 cm³/mol. The lowest BCUT2D eigenvalue weighted by atomic mass is 10.1. The molecule has 1 aliphatic rings. The molecule has 0 N–H and O–H groups in total. The Labute approximate surface area is 164 Å². The first-order valence-electron chi connectivity index (χ1n) is 10.3. The van der Waals surface area contributed by atoms with Crippen LogP contribution in [-0.2, 0) is 0 Å². The molecule has 1 aromatic heterocycles. The van der Waals surface area contributed by atoms with Crippen LogP contribution in [-0.4, -0.2) is 49.2 Å². The predicted octanol–water partition coefficient (Wildman–Crippen LogP) is 4.05. The summed E-state index contributed by atoms with van der Waals surface area (Å²) < 4.78 is 0. The van der Waals surface area contributed by atoms with Crippen molar-refractivity contribution >= 4 is 17.5 Å². The molecule has 27 heavy (non-hydrogen) atoms. The number of hydrogen-bond acceptors (Lipinski definition) is 5. The summed E-state index contributed by atoms with van der Waals surface area (Å²) >= 11 is 0. The largest absolute Gasteiger partial charge is 0.368 e. The quantitative estimate of drug-likeness (QED) is 0.738. The number of nitrogens with zero attached hydrogens (tertiary/aromatic N) is 5. The molecule has 1 aromatic carbocycles. The van der Waals surface area contributed by atoms with Crippen molar-refractivity contribution in [2.45, 2.75) is 40.5 Å². The minimum atomic E-state index is 0.866. The first kappa shape index (κ1) is 19.5. The standard InChI is InChI=1S/C22H33N5/c1-5-12-26(13-6-2)21-10-11-23-22(24-21)27-16-14-25(15-17-27)20-9-7-8-18(3)19(20)4/h7-11H,5-6,12-17H2,1-4H3. The maximum Gasteiger partial charge on any atom is 0.227 e. The van der Waals surface area contributed by atoms with Gasteiger partial charge in [0.25, 0.3) is 0 Å². The van der Waals surface area contributed by atoms with Gasteiger partial charge in [-0.1, -0.05) is 26.0 Å². The summed E-state index contributed by atoms with van der Waals surface area (Å²) in [6, 6.07) is 8.63. The van der Waals surface area contributed by atoms with Crippen LogP contribution in [0, 0.1) is 13.8 Å². The number of aromatic nitrogens is 2. The molecule has 1 aliphatic heterocycles. The van der Waals surface area contributed by atoms with E-state index in [1.807, 2.05) is 12.3 Å². The van der Waals surface area contributed by atoms with Crippen LogP contribution in [0.25, 0.3) is 0 Å². The van der Waals surface area contributed by atoms with Crippen molar-refractivity contribution in [2.24, 2.45) is 0 Å². The molecule has 0 saturated carbocycles. The van der Waals surface area contributed by atoms with Crippen LogP contribution in [0.3, 0.4) is 0 Å². The molecule has 0 atom stereocenters. The maximum atomic E-state index is 4.89. The Hall–Kier alpha value is -2.30. The summed E-state index contributed by atoms with van der Waals surface area (Å²) in [6.07, 6.45) is 4.18. The van der Waals surface area contributed by atoms with E-state index in [2.05, 4.69) is 65.6 Å². The van der Waals surface area contributed by atoms with Crippen LogP contribution in [0.15, 0.2) is 30.5 Å². The maximum absolute atomic E-state index is 4.89. The van der Waals surface area contributed by atoms with Gasteiger partial charge in [0.15, 0.2) is 0 Å². The molecular formula is C22H33N5. The van der Waals surface area contributed by atoms with Gasteiger partial charge in [0.2, 0.25) is 5.95 Å². The van der Waals surface area contributed by atoms with Gasteiger partial charge in [-0.25, -0.2) is 4.98 Å². The molecule has 5 nitrogen and oxygen atoms in total. The Morgan fingerprint density at radius 2 is 1.59 bits per heavy atom. The van der Waals surface area contributed by atoms with E-state index in [1.54, 1.807) is 0 Å². The molecular weight excluding hydrogens is 334 g/mol. The molecule has 1 saturated heterocycles. The Bertz CT molecular complexity index is 731. The zero-order valence-corrected chi connectivity index (χ0v) is 17.3. The number of aryl methyl sites for hydroxylation is 1. The van der Waals surface area contributed by atoms with Crippen molar-refractivity contribution in [1.82, 2.24) is 9.97 Å². The highest BCUT2D eigenvalue weighted by Gasteiger charge is 2.21. The smallest absolute Gasteiger partial charge is 0.227 e. The lowest BCUT2D eigenvalue weighted by Crippen LogP contribution is -2.47. The molecule has 0 aliphatic carbocycles.